The Labute approximate surface area is 142 Å². The molecule has 2 aliphatic heterocycles. The van der Waals surface area contributed by atoms with Gasteiger partial charge in [0, 0.05) is 25.7 Å². The SMILES string of the molecule is CC1CCNCC1NC(=O)CSCC(=O)N1CCOCC1.Cl. The summed E-state index contributed by atoms with van der Waals surface area (Å²) in [5, 5.41) is 6.35. The molecular weight excluding hydrogens is 326 g/mol. The van der Waals surface area contributed by atoms with E-state index in [4.69, 9.17) is 4.74 Å². The zero-order chi connectivity index (χ0) is 15.1. The van der Waals surface area contributed by atoms with Gasteiger partial charge in [0.1, 0.15) is 0 Å². The molecule has 2 fully saturated rings. The highest BCUT2D eigenvalue weighted by atomic mass is 35.5. The minimum absolute atomic E-state index is 0. The third-order valence-electron chi connectivity index (χ3n) is 4.00. The Morgan fingerprint density at radius 2 is 2.05 bits per heavy atom. The van der Waals surface area contributed by atoms with Crippen molar-refractivity contribution in [2.75, 3.05) is 50.9 Å². The zero-order valence-corrected chi connectivity index (χ0v) is 14.6. The van der Waals surface area contributed by atoms with Crippen molar-refractivity contribution >= 4 is 36.0 Å². The van der Waals surface area contributed by atoms with E-state index in [1.165, 1.54) is 11.8 Å². The van der Waals surface area contributed by atoms with Crippen LogP contribution in [0.4, 0.5) is 0 Å². The molecule has 6 nitrogen and oxygen atoms in total. The summed E-state index contributed by atoms with van der Waals surface area (Å²) in [7, 11) is 0. The largest absolute Gasteiger partial charge is 0.378 e. The van der Waals surface area contributed by atoms with E-state index in [2.05, 4.69) is 17.6 Å². The lowest BCUT2D eigenvalue weighted by Gasteiger charge is -2.30. The van der Waals surface area contributed by atoms with Gasteiger partial charge in [-0.3, -0.25) is 9.59 Å². The number of halogens is 1. The van der Waals surface area contributed by atoms with Crippen LogP contribution in [-0.4, -0.2) is 73.7 Å². The van der Waals surface area contributed by atoms with E-state index in [0.717, 1.165) is 19.5 Å². The summed E-state index contributed by atoms with van der Waals surface area (Å²) < 4.78 is 5.22. The van der Waals surface area contributed by atoms with E-state index in [9.17, 15) is 9.59 Å². The van der Waals surface area contributed by atoms with Crippen LogP contribution in [0, 0.1) is 5.92 Å². The lowest BCUT2D eigenvalue weighted by Crippen LogP contribution is -2.50. The number of nitrogens with zero attached hydrogens (tertiary/aromatic N) is 1. The smallest absolute Gasteiger partial charge is 0.232 e. The standard InChI is InChI=1S/C14H25N3O3S.ClH/c1-11-2-3-15-8-12(11)16-13(18)9-21-10-14(19)17-4-6-20-7-5-17;/h11-12,15H,2-10H2,1H3,(H,16,18);1H. The van der Waals surface area contributed by atoms with Crippen LogP contribution in [0.3, 0.4) is 0 Å². The highest BCUT2D eigenvalue weighted by molar-refractivity contribution is 8.00. The summed E-state index contributed by atoms with van der Waals surface area (Å²) in [5.41, 5.74) is 0. The maximum Gasteiger partial charge on any atom is 0.232 e. The van der Waals surface area contributed by atoms with Crippen LogP contribution < -0.4 is 10.6 Å². The van der Waals surface area contributed by atoms with Gasteiger partial charge in [-0.05, 0) is 18.9 Å². The predicted octanol–water partition coefficient (Wildman–Crippen LogP) is 0.114. The van der Waals surface area contributed by atoms with Gasteiger partial charge in [0.2, 0.25) is 11.8 Å². The first kappa shape index (κ1) is 19.5. The third kappa shape index (κ3) is 6.32. The van der Waals surface area contributed by atoms with Crippen molar-refractivity contribution in [1.82, 2.24) is 15.5 Å². The number of thioether (sulfide) groups is 1. The van der Waals surface area contributed by atoms with Crippen molar-refractivity contribution in [3.63, 3.8) is 0 Å². The molecule has 0 saturated carbocycles. The maximum absolute atomic E-state index is 11.9. The van der Waals surface area contributed by atoms with Crippen molar-refractivity contribution < 1.29 is 14.3 Å². The van der Waals surface area contributed by atoms with Crippen LogP contribution in [-0.2, 0) is 14.3 Å². The molecule has 2 amide bonds. The number of morpholine rings is 1. The number of hydrogen-bond donors (Lipinski definition) is 2. The quantitative estimate of drug-likeness (QED) is 0.736. The second-order valence-electron chi connectivity index (χ2n) is 5.63. The predicted molar refractivity (Wildman–Crippen MR) is 90.6 cm³/mol. The summed E-state index contributed by atoms with van der Waals surface area (Å²) in [4.78, 5) is 25.6. The normalized spacial score (nSPS) is 25.2. The van der Waals surface area contributed by atoms with Gasteiger partial charge in [-0.2, -0.15) is 0 Å². The van der Waals surface area contributed by atoms with Crippen LogP contribution >= 0.6 is 24.2 Å². The molecule has 2 unspecified atom stereocenters. The molecule has 0 spiro atoms. The molecule has 0 aromatic heterocycles. The van der Waals surface area contributed by atoms with E-state index in [1.807, 2.05) is 4.90 Å². The Balaban J connectivity index is 0.00000242. The first-order valence-electron chi connectivity index (χ1n) is 7.60. The summed E-state index contributed by atoms with van der Waals surface area (Å²) >= 11 is 1.39. The first-order chi connectivity index (χ1) is 10.2. The minimum atomic E-state index is 0. The van der Waals surface area contributed by atoms with Crippen LogP contribution in [0.2, 0.25) is 0 Å². The lowest BCUT2D eigenvalue weighted by atomic mass is 9.95. The number of carbonyl (C=O) groups excluding carboxylic acids is 2. The summed E-state index contributed by atoms with van der Waals surface area (Å²) in [6.45, 7) is 6.59. The summed E-state index contributed by atoms with van der Waals surface area (Å²) in [6, 6.07) is 0.210. The number of nitrogens with one attached hydrogen (secondary N) is 2. The van der Waals surface area contributed by atoms with Crippen LogP contribution in [0.25, 0.3) is 0 Å². The molecule has 0 aromatic rings. The molecule has 2 heterocycles. The van der Waals surface area contributed by atoms with Crippen molar-refractivity contribution in [2.45, 2.75) is 19.4 Å². The van der Waals surface area contributed by atoms with E-state index in [1.54, 1.807) is 0 Å². The van der Waals surface area contributed by atoms with E-state index in [-0.39, 0.29) is 30.3 Å². The molecule has 2 N–H and O–H groups in total. The zero-order valence-electron chi connectivity index (χ0n) is 13.0. The minimum Gasteiger partial charge on any atom is -0.378 e. The molecule has 0 aromatic carbocycles. The molecule has 2 rings (SSSR count). The van der Waals surface area contributed by atoms with Gasteiger partial charge in [-0.15, -0.1) is 24.2 Å². The first-order valence-corrected chi connectivity index (χ1v) is 8.75. The fourth-order valence-corrected chi connectivity index (χ4v) is 3.29. The van der Waals surface area contributed by atoms with Crippen molar-refractivity contribution in [3.05, 3.63) is 0 Å². The highest BCUT2D eigenvalue weighted by Gasteiger charge is 2.23. The molecule has 0 bridgehead atoms. The number of amides is 2. The van der Waals surface area contributed by atoms with Gasteiger partial charge < -0.3 is 20.3 Å². The van der Waals surface area contributed by atoms with E-state index in [0.29, 0.717) is 43.7 Å². The monoisotopic (exact) mass is 351 g/mol. The van der Waals surface area contributed by atoms with Gasteiger partial charge in [0.05, 0.1) is 24.7 Å². The fourth-order valence-electron chi connectivity index (χ4n) is 2.57. The summed E-state index contributed by atoms with van der Waals surface area (Å²) in [5.74, 6) is 1.35. The number of hydrogen-bond acceptors (Lipinski definition) is 5. The second kappa shape index (κ2) is 10.3. The van der Waals surface area contributed by atoms with Gasteiger partial charge >= 0.3 is 0 Å². The van der Waals surface area contributed by atoms with Gasteiger partial charge in [0.15, 0.2) is 0 Å². The third-order valence-corrected chi connectivity index (χ3v) is 4.91. The number of carbonyl (C=O) groups is 2. The van der Waals surface area contributed by atoms with Crippen molar-refractivity contribution in [1.29, 1.82) is 0 Å². The van der Waals surface area contributed by atoms with Gasteiger partial charge in [0.25, 0.3) is 0 Å². The van der Waals surface area contributed by atoms with Gasteiger partial charge in [-0.1, -0.05) is 6.92 Å². The van der Waals surface area contributed by atoms with Crippen LogP contribution in [0.15, 0.2) is 0 Å². The molecule has 8 heteroatoms. The molecule has 0 radical (unpaired) electrons. The number of rotatable bonds is 5. The maximum atomic E-state index is 11.9. The number of ether oxygens (including phenoxy) is 1. The summed E-state index contributed by atoms with van der Waals surface area (Å²) in [6.07, 6.45) is 1.09. The molecule has 0 aliphatic carbocycles. The topological polar surface area (TPSA) is 70.7 Å². The Hall–Kier alpha value is -0.500. The fraction of sp³-hybridized carbons (Fsp3) is 0.857. The highest BCUT2D eigenvalue weighted by Crippen LogP contribution is 2.12. The van der Waals surface area contributed by atoms with Crippen molar-refractivity contribution in [2.24, 2.45) is 5.92 Å². The average molecular weight is 352 g/mol. The van der Waals surface area contributed by atoms with Crippen LogP contribution in [0.1, 0.15) is 13.3 Å². The Kier molecular flexibility index (Phi) is 9.16. The molecular formula is C14H26ClN3O3S. The molecule has 2 aliphatic rings. The van der Waals surface area contributed by atoms with Crippen molar-refractivity contribution in [3.8, 4) is 0 Å². The Morgan fingerprint density at radius 1 is 1.32 bits per heavy atom. The Bertz CT molecular complexity index is 367. The molecule has 128 valence electrons. The molecule has 2 atom stereocenters. The number of piperidine rings is 1. The molecule has 2 saturated heterocycles. The average Bonchev–Trinajstić information content (AvgIpc) is 2.50. The lowest BCUT2D eigenvalue weighted by molar-refractivity contribution is -0.132. The molecule has 22 heavy (non-hydrogen) atoms. The van der Waals surface area contributed by atoms with Crippen LogP contribution in [0.5, 0.6) is 0 Å². The van der Waals surface area contributed by atoms with E-state index < -0.39 is 0 Å². The van der Waals surface area contributed by atoms with E-state index >= 15 is 0 Å². The Morgan fingerprint density at radius 3 is 2.73 bits per heavy atom. The van der Waals surface area contributed by atoms with Gasteiger partial charge in [-0.25, -0.2) is 0 Å². The second-order valence-corrected chi connectivity index (χ2v) is 6.62.